The van der Waals surface area contributed by atoms with Crippen LogP contribution in [-0.4, -0.2) is 35.6 Å². The largest absolute Gasteiger partial charge is 0.390 e. The number of aromatic nitrogens is 2. The summed E-state index contributed by atoms with van der Waals surface area (Å²) >= 11 is 0. The second-order valence-corrected chi connectivity index (χ2v) is 5.33. The van der Waals surface area contributed by atoms with E-state index < -0.39 is 12.6 Å². The van der Waals surface area contributed by atoms with Gasteiger partial charge in [0.05, 0.1) is 12.1 Å². The lowest BCUT2D eigenvalue weighted by atomic mass is 10.2. The molecule has 0 aromatic carbocycles. The first kappa shape index (κ1) is 16.8. The number of anilines is 1. The topological polar surface area (TPSA) is 33.1 Å². The third kappa shape index (κ3) is 4.70. The van der Waals surface area contributed by atoms with Crippen molar-refractivity contribution in [2.75, 3.05) is 18.5 Å². The van der Waals surface area contributed by atoms with Crippen LogP contribution in [0.15, 0.2) is 0 Å². The van der Waals surface area contributed by atoms with E-state index in [1.807, 2.05) is 20.8 Å². The van der Waals surface area contributed by atoms with E-state index in [1.165, 1.54) is 0 Å². The summed E-state index contributed by atoms with van der Waals surface area (Å²) in [6, 6.07) is 0.308. The second kappa shape index (κ2) is 6.47. The van der Waals surface area contributed by atoms with Gasteiger partial charge in [0.25, 0.3) is 0 Å². The van der Waals surface area contributed by atoms with Gasteiger partial charge in [0.15, 0.2) is 0 Å². The molecule has 0 fully saturated rings. The highest BCUT2D eigenvalue weighted by molar-refractivity contribution is 5.49. The maximum absolute atomic E-state index is 12.3. The fraction of sp³-hybridized carbons (Fsp3) is 0.769. The predicted molar refractivity (Wildman–Crippen MR) is 73.9 cm³/mol. The Balaban J connectivity index is 2.86. The summed E-state index contributed by atoms with van der Waals surface area (Å²) in [6.07, 6.45) is -4.97. The first-order chi connectivity index (χ1) is 9.11. The molecule has 7 heteroatoms. The van der Waals surface area contributed by atoms with Crippen molar-refractivity contribution in [2.24, 2.45) is 7.05 Å². The fourth-order valence-electron chi connectivity index (χ4n) is 2.08. The number of hydrogen-bond donors (Lipinski definition) is 1. The van der Waals surface area contributed by atoms with Crippen LogP contribution in [-0.2, 0) is 13.6 Å². The van der Waals surface area contributed by atoms with Crippen molar-refractivity contribution < 1.29 is 13.2 Å². The molecule has 1 N–H and O–H groups in total. The average Bonchev–Trinajstić information content (AvgIpc) is 2.57. The highest BCUT2D eigenvalue weighted by atomic mass is 19.4. The molecular formula is C13H23F3N4. The number of aryl methyl sites for hydroxylation is 2. The van der Waals surface area contributed by atoms with Gasteiger partial charge in [-0.3, -0.25) is 4.68 Å². The molecule has 0 amide bonds. The Morgan fingerprint density at radius 2 is 1.95 bits per heavy atom. The summed E-state index contributed by atoms with van der Waals surface area (Å²) in [7, 11) is 3.42. The number of alkyl halides is 3. The molecule has 20 heavy (non-hydrogen) atoms. The van der Waals surface area contributed by atoms with Crippen molar-refractivity contribution in [3.05, 3.63) is 11.3 Å². The Kier molecular flexibility index (Phi) is 5.44. The molecule has 0 unspecified atom stereocenters. The minimum Gasteiger partial charge on any atom is -0.359 e. The lowest BCUT2D eigenvalue weighted by molar-refractivity contribution is -0.132. The van der Waals surface area contributed by atoms with E-state index in [9.17, 15) is 13.2 Å². The summed E-state index contributed by atoms with van der Waals surface area (Å²) in [5.41, 5.74) is 1.79. The van der Waals surface area contributed by atoms with Crippen molar-refractivity contribution in [2.45, 2.75) is 46.0 Å². The Hall–Kier alpha value is -1.24. The predicted octanol–water partition coefficient (Wildman–Crippen LogP) is 2.62. The summed E-state index contributed by atoms with van der Waals surface area (Å²) in [5.74, 6) is 0.736. The molecule has 0 bridgehead atoms. The monoisotopic (exact) mass is 292 g/mol. The second-order valence-electron chi connectivity index (χ2n) is 5.33. The average molecular weight is 292 g/mol. The van der Waals surface area contributed by atoms with Gasteiger partial charge in [-0.05, 0) is 6.92 Å². The van der Waals surface area contributed by atoms with Gasteiger partial charge in [-0.25, -0.2) is 0 Å². The van der Waals surface area contributed by atoms with Gasteiger partial charge in [0, 0.05) is 38.8 Å². The van der Waals surface area contributed by atoms with Gasteiger partial charge in [0.2, 0.25) is 0 Å². The third-order valence-corrected chi connectivity index (χ3v) is 3.09. The van der Waals surface area contributed by atoms with Gasteiger partial charge in [-0.15, -0.1) is 0 Å². The molecule has 1 rings (SSSR count). The van der Waals surface area contributed by atoms with Crippen LogP contribution < -0.4 is 10.2 Å². The minimum absolute atomic E-state index is 0.0723. The molecule has 0 saturated carbocycles. The number of nitrogens with one attached hydrogen (secondary N) is 1. The molecule has 1 heterocycles. The lowest BCUT2D eigenvalue weighted by Crippen LogP contribution is -2.28. The summed E-state index contributed by atoms with van der Waals surface area (Å²) in [6.45, 7) is 6.45. The molecular weight excluding hydrogens is 269 g/mol. The molecule has 0 radical (unpaired) electrons. The zero-order chi connectivity index (χ0) is 15.5. The van der Waals surface area contributed by atoms with E-state index in [0.29, 0.717) is 12.6 Å². The molecule has 0 aliphatic heterocycles. The Morgan fingerprint density at radius 1 is 1.35 bits per heavy atom. The van der Waals surface area contributed by atoms with E-state index in [4.69, 9.17) is 0 Å². The van der Waals surface area contributed by atoms with Crippen LogP contribution in [0.1, 0.15) is 31.5 Å². The minimum atomic E-state index is -4.14. The van der Waals surface area contributed by atoms with Gasteiger partial charge < -0.3 is 10.2 Å². The van der Waals surface area contributed by atoms with Gasteiger partial charge in [-0.1, -0.05) is 13.8 Å². The molecule has 4 nitrogen and oxygen atoms in total. The van der Waals surface area contributed by atoms with Crippen LogP contribution >= 0.6 is 0 Å². The van der Waals surface area contributed by atoms with E-state index in [0.717, 1.165) is 17.1 Å². The zero-order valence-corrected chi connectivity index (χ0v) is 12.7. The smallest absolute Gasteiger partial charge is 0.359 e. The van der Waals surface area contributed by atoms with Gasteiger partial charge >= 0.3 is 6.18 Å². The van der Waals surface area contributed by atoms with E-state index >= 15 is 0 Å². The molecule has 1 aromatic heterocycles. The molecule has 0 saturated heterocycles. The number of rotatable bonds is 6. The number of hydrogen-bond acceptors (Lipinski definition) is 3. The van der Waals surface area contributed by atoms with Crippen LogP contribution in [0, 0.1) is 6.92 Å². The molecule has 0 atom stereocenters. The normalized spacial score (nSPS) is 12.2. The standard InChI is InChI=1S/C13H23F3N4/c1-9(2)17-8-11-10(3)18-20(5)12(11)19(4)7-6-13(14,15)16/h9,17H,6-8H2,1-5H3. The summed E-state index contributed by atoms with van der Waals surface area (Å²) < 4.78 is 38.6. The zero-order valence-electron chi connectivity index (χ0n) is 12.7. The summed E-state index contributed by atoms with van der Waals surface area (Å²) in [5, 5.41) is 7.59. The Bertz CT molecular complexity index is 438. The molecule has 0 aliphatic rings. The first-order valence-corrected chi connectivity index (χ1v) is 6.65. The van der Waals surface area contributed by atoms with Crippen molar-refractivity contribution in [1.29, 1.82) is 0 Å². The maximum atomic E-state index is 12.3. The molecule has 116 valence electrons. The summed E-state index contributed by atoms with van der Waals surface area (Å²) in [4.78, 5) is 1.62. The quantitative estimate of drug-likeness (QED) is 0.875. The molecule has 0 spiro atoms. The number of halogens is 3. The van der Waals surface area contributed by atoms with Crippen LogP contribution in [0.2, 0.25) is 0 Å². The Morgan fingerprint density at radius 3 is 2.45 bits per heavy atom. The van der Waals surface area contributed by atoms with Crippen LogP contribution in [0.4, 0.5) is 19.0 Å². The van der Waals surface area contributed by atoms with Crippen LogP contribution in [0.5, 0.6) is 0 Å². The van der Waals surface area contributed by atoms with Crippen molar-refractivity contribution in [3.63, 3.8) is 0 Å². The molecule has 0 aliphatic carbocycles. The highest BCUT2D eigenvalue weighted by Crippen LogP contribution is 2.25. The van der Waals surface area contributed by atoms with Crippen molar-refractivity contribution in [3.8, 4) is 0 Å². The van der Waals surface area contributed by atoms with E-state index in [2.05, 4.69) is 10.4 Å². The Labute approximate surface area is 117 Å². The first-order valence-electron chi connectivity index (χ1n) is 6.65. The van der Waals surface area contributed by atoms with Crippen LogP contribution in [0.25, 0.3) is 0 Å². The van der Waals surface area contributed by atoms with E-state index in [1.54, 1.807) is 23.7 Å². The van der Waals surface area contributed by atoms with Gasteiger partial charge in [0.1, 0.15) is 5.82 Å². The number of nitrogens with zero attached hydrogens (tertiary/aromatic N) is 3. The molecule has 1 aromatic rings. The van der Waals surface area contributed by atoms with Gasteiger partial charge in [-0.2, -0.15) is 18.3 Å². The van der Waals surface area contributed by atoms with E-state index in [-0.39, 0.29) is 6.54 Å². The lowest BCUT2D eigenvalue weighted by Gasteiger charge is -2.22. The maximum Gasteiger partial charge on any atom is 0.390 e. The fourth-order valence-corrected chi connectivity index (χ4v) is 2.08. The SMILES string of the molecule is Cc1nn(C)c(N(C)CCC(F)(F)F)c1CNC(C)C. The third-order valence-electron chi connectivity index (χ3n) is 3.09. The van der Waals surface area contributed by atoms with Crippen LogP contribution in [0.3, 0.4) is 0 Å². The highest BCUT2D eigenvalue weighted by Gasteiger charge is 2.28. The van der Waals surface area contributed by atoms with Crippen molar-refractivity contribution >= 4 is 5.82 Å². The van der Waals surface area contributed by atoms with Crippen molar-refractivity contribution in [1.82, 2.24) is 15.1 Å².